The number of hydrogen-bond donors (Lipinski definition) is 1. The number of carboxylic acid groups (broad SMARTS) is 1. The fraction of sp³-hybridized carbons (Fsp3) is 0.429. The zero-order chi connectivity index (χ0) is 14.0. The van der Waals surface area contributed by atoms with E-state index in [1.54, 1.807) is 17.0 Å². The molecule has 2 rings (SSSR count). The topological polar surface area (TPSA) is 57.6 Å². The molecule has 1 aromatic carbocycles. The Morgan fingerprint density at radius 1 is 1.42 bits per heavy atom. The number of carbonyl (C=O) groups is 2. The van der Waals surface area contributed by atoms with Gasteiger partial charge in [-0.05, 0) is 31.4 Å². The van der Waals surface area contributed by atoms with Gasteiger partial charge in [-0.3, -0.25) is 9.59 Å². The number of hydrogen-bond acceptors (Lipinski definition) is 2. The standard InChI is InChI=1S/C14H16ClNO3/c1-9-4-2-6-11(12(9)15)13(17)16-7-3-5-10(8-16)14(18)19/h2,4,6,10H,3,5,7-8H2,1H3,(H,18,19)/t10-/m0/s1. The molecule has 1 aromatic rings. The molecule has 1 atom stereocenters. The molecule has 0 spiro atoms. The van der Waals surface area contributed by atoms with E-state index < -0.39 is 11.9 Å². The van der Waals surface area contributed by atoms with Crippen LogP contribution in [0.1, 0.15) is 28.8 Å². The monoisotopic (exact) mass is 281 g/mol. The Bertz CT molecular complexity index is 515. The van der Waals surface area contributed by atoms with E-state index in [0.29, 0.717) is 30.0 Å². The van der Waals surface area contributed by atoms with Crippen LogP contribution in [-0.2, 0) is 4.79 Å². The number of likely N-dealkylation sites (tertiary alicyclic amines) is 1. The predicted octanol–water partition coefficient (Wildman–Crippen LogP) is 2.59. The number of benzene rings is 1. The second-order valence-corrected chi connectivity index (χ2v) is 5.24. The van der Waals surface area contributed by atoms with Gasteiger partial charge < -0.3 is 10.0 Å². The number of halogens is 1. The van der Waals surface area contributed by atoms with E-state index in [4.69, 9.17) is 16.7 Å². The molecule has 0 radical (unpaired) electrons. The van der Waals surface area contributed by atoms with Crippen molar-refractivity contribution in [3.63, 3.8) is 0 Å². The molecule has 102 valence electrons. The number of amides is 1. The van der Waals surface area contributed by atoms with Gasteiger partial charge in [0.25, 0.3) is 5.91 Å². The van der Waals surface area contributed by atoms with Crippen molar-refractivity contribution in [3.8, 4) is 0 Å². The normalized spacial score (nSPS) is 19.3. The zero-order valence-electron chi connectivity index (χ0n) is 10.7. The Hall–Kier alpha value is -1.55. The number of nitrogens with zero attached hydrogens (tertiary/aromatic N) is 1. The number of aliphatic carboxylic acids is 1. The van der Waals surface area contributed by atoms with Gasteiger partial charge in [0.2, 0.25) is 0 Å². The lowest BCUT2D eigenvalue weighted by Crippen LogP contribution is -2.42. The van der Waals surface area contributed by atoms with Crippen molar-refractivity contribution >= 4 is 23.5 Å². The second kappa shape index (κ2) is 5.61. The Balaban J connectivity index is 2.19. The third kappa shape index (κ3) is 2.89. The largest absolute Gasteiger partial charge is 0.481 e. The van der Waals surface area contributed by atoms with Crippen LogP contribution >= 0.6 is 11.6 Å². The predicted molar refractivity (Wildman–Crippen MR) is 72.5 cm³/mol. The van der Waals surface area contributed by atoms with Crippen LogP contribution in [0.15, 0.2) is 18.2 Å². The molecule has 1 fully saturated rings. The molecule has 1 aliphatic rings. The molecule has 1 heterocycles. The molecule has 0 aliphatic carbocycles. The summed E-state index contributed by atoms with van der Waals surface area (Å²) in [5.41, 5.74) is 1.30. The van der Waals surface area contributed by atoms with Crippen LogP contribution in [-0.4, -0.2) is 35.0 Å². The summed E-state index contributed by atoms with van der Waals surface area (Å²) < 4.78 is 0. The minimum atomic E-state index is -0.840. The Morgan fingerprint density at radius 3 is 2.84 bits per heavy atom. The third-order valence-corrected chi connectivity index (χ3v) is 3.98. The first-order valence-electron chi connectivity index (χ1n) is 6.28. The fourth-order valence-corrected chi connectivity index (χ4v) is 2.55. The minimum Gasteiger partial charge on any atom is -0.481 e. The van der Waals surface area contributed by atoms with E-state index in [1.807, 2.05) is 13.0 Å². The Morgan fingerprint density at radius 2 is 2.16 bits per heavy atom. The average Bonchev–Trinajstić information content (AvgIpc) is 2.41. The van der Waals surface area contributed by atoms with Crippen molar-refractivity contribution < 1.29 is 14.7 Å². The molecule has 0 bridgehead atoms. The van der Waals surface area contributed by atoms with Gasteiger partial charge in [-0.1, -0.05) is 23.7 Å². The maximum Gasteiger partial charge on any atom is 0.308 e. The highest BCUT2D eigenvalue weighted by Crippen LogP contribution is 2.24. The fourth-order valence-electron chi connectivity index (χ4n) is 2.35. The van der Waals surface area contributed by atoms with Crippen LogP contribution in [0.4, 0.5) is 0 Å². The van der Waals surface area contributed by atoms with Crippen LogP contribution in [0.2, 0.25) is 5.02 Å². The van der Waals surface area contributed by atoms with Crippen LogP contribution < -0.4 is 0 Å². The highest BCUT2D eigenvalue weighted by Gasteiger charge is 2.29. The van der Waals surface area contributed by atoms with E-state index in [9.17, 15) is 9.59 Å². The van der Waals surface area contributed by atoms with E-state index in [1.165, 1.54) is 0 Å². The van der Waals surface area contributed by atoms with Crippen LogP contribution in [0, 0.1) is 12.8 Å². The summed E-state index contributed by atoms with van der Waals surface area (Å²) >= 11 is 6.14. The number of aryl methyl sites for hydroxylation is 1. The first-order valence-corrected chi connectivity index (χ1v) is 6.65. The lowest BCUT2D eigenvalue weighted by atomic mass is 9.97. The molecule has 5 heteroatoms. The first-order chi connectivity index (χ1) is 9.00. The molecule has 1 N–H and O–H groups in total. The minimum absolute atomic E-state index is 0.181. The van der Waals surface area contributed by atoms with E-state index >= 15 is 0 Å². The van der Waals surface area contributed by atoms with Gasteiger partial charge >= 0.3 is 5.97 Å². The van der Waals surface area contributed by atoms with Crippen molar-refractivity contribution in [2.24, 2.45) is 5.92 Å². The highest BCUT2D eigenvalue weighted by molar-refractivity contribution is 6.34. The van der Waals surface area contributed by atoms with Crippen molar-refractivity contribution in [1.82, 2.24) is 4.90 Å². The SMILES string of the molecule is Cc1cccc(C(=O)N2CCC[C@H](C(=O)O)C2)c1Cl. The number of rotatable bonds is 2. The van der Waals surface area contributed by atoms with Gasteiger partial charge in [0.05, 0.1) is 16.5 Å². The van der Waals surface area contributed by atoms with E-state index in [0.717, 1.165) is 5.56 Å². The Labute approximate surface area is 117 Å². The number of piperidine rings is 1. The van der Waals surface area contributed by atoms with Gasteiger partial charge in [-0.15, -0.1) is 0 Å². The summed E-state index contributed by atoms with van der Waals surface area (Å²) in [6, 6.07) is 5.31. The maximum atomic E-state index is 12.4. The summed E-state index contributed by atoms with van der Waals surface area (Å²) in [7, 11) is 0. The van der Waals surface area contributed by atoms with E-state index in [2.05, 4.69) is 0 Å². The molecule has 4 nitrogen and oxygen atoms in total. The van der Waals surface area contributed by atoms with Gasteiger partial charge in [0.15, 0.2) is 0 Å². The molecule has 1 aliphatic heterocycles. The van der Waals surface area contributed by atoms with E-state index in [-0.39, 0.29) is 12.5 Å². The summed E-state index contributed by atoms with van der Waals surface area (Å²) in [5.74, 6) is -1.49. The number of carboxylic acids is 1. The molecule has 0 aromatic heterocycles. The van der Waals surface area contributed by atoms with Gasteiger partial charge in [-0.2, -0.15) is 0 Å². The van der Waals surface area contributed by atoms with Gasteiger partial charge in [0.1, 0.15) is 0 Å². The van der Waals surface area contributed by atoms with Crippen molar-refractivity contribution in [2.75, 3.05) is 13.1 Å². The number of carbonyl (C=O) groups excluding carboxylic acids is 1. The molecular formula is C14H16ClNO3. The van der Waals surface area contributed by atoms with Crippen LogP contribution in [0.25, 0.3) is 0 Å². The smallest absolute Gasteiger partial charge is 0.308 e. The zero-order valence-corrected chi connectivity index (χ0v) is 11.5. The Kier molecular flexibility index (Phi) is 4.10. The molecule has 1 saturated heterocycles. The van der Waals surface area contributed by atoms with Crippen molar-refractivity contribution in [2.45, 2.75) is 19.8 Å². The summed E-state index contributed by atoms with van der Waals surface area (Å²) in [6.45, 7) is 2.70. The highest BCUT2D eigenvalue weighted by atomic mass is 35.5. The lowest BCUT2D eigenvalue weighted by Gasteiger charge is -2.31. The summed E-state index contributed by atoms with van der Waals surface area (Å²) in [4.78, 5) is 25.0. The van der Waals surface area contributed by atoms with Crippen molar-refractivity contribution in [1.29, 1.82) is 0 Å². The molecule has 19 heavy (non-hydrogen) atoms. The second-order valence-electron chi connectivity index (χ2n) is 4.87. The average molecular weight is 282 g/mol. The molecule has 0 saturated carbocycles. The quantitative estimate of drug-likeness (QED) is 0.906. The van der Waals surface area contributed by atoms with Crippen LogP contribution in [0.3, 0.4) is 0 Å². The summed E-state index contributed by atoms with van der Waals surface area (Å²) in [5, 5.41) is 9.49. The summed E-state index contributed by atoms with van der Waals surface area (Å²) in [6.07, 6.45) is 1.34. The lowest BCUT2D eigenvalue weighted by molar-refractivity contribution is -0.143. The van der Waals surface area contributed by atoms with Gasteiger partial charge in [-0.25, -0.2) is 0 Å². The first kappa shape index (κ1) is 13.9. The van der Waals surface area contributed by atoms with Crippen molar-refractivity contribution in [3.05, 3.63) is 34.3 Å². The van der Waals surface area contributed by atoms with Crippen LogP contribution in [0.5, 0.6) is 0 Å². The maximum absolute atomic E-state index is 12.4. The molecule has 0 unspecified atom stereocenters. The third-order valence-electron chi connectivity index (χ3n) is 3.48. The molecular weight excluding hydrogens is 266 g/mol. The van der Waals surface area contributed by atoms with Gasteiger partial charge in [0, 0.05) is 13.1 Å². The molecule has 1 amide bonds.